The summed E-state index contributed by atoms with van der Waals surface area (Å²) >= 11 is 0. The Kier molecular flexibility index (Phi) is 2.24. The molecule has 4 heteroatoms. The van der Waals surface area contributed by atoms with E-state index in [4.69, 9.17) is 9.84 Å². The molecule has 4 nitrogen and oxygen atoms in total. The zero-order valence-electron chi connectivity index (χ0n) is 5.62. The lowest BCUT2D eigenvalue weighted by Crippen LogP contribution is -2.46. The van der Waals surface area contributed by atoms with Gasteiger partial charge in [0.2, 0.25) is 0 Å². The maximum absolute atomic E-state index is 10.8. The molecule has 1 heterocycles. The average Bonchev–Trinajstić information content (AvgIpc) is 1.88. The quantitative estimate of drug-likeness (QED) is 0.513. The van der Waals surface area contributed by atoms with Gasteiger partial charge in [0.25, 0.3) is 5.91 Å². The molecule has 1 amide bonds. The first kappa shape index (κ1) is 7.50. The molecule has 0 spiro atoms. The Bertz CT molecular complexity index is 135. The van der Waals surface area contributed by atoms with E-state index in [0.717, 1.165) is 0 Å². The fourth-order valence-corrected chi connectivity index (χ4v) is 0.845. The molecule has 1 fully saturated rings. The van der Waals surface area contributed by atoms with Crippen molar-refractivity contribution in [2.24, 2.45) is 0 Å². The molecule has 1 aliphatic heterocycles. The van der Waals surface area contributed by atoms with E-state index in [1.165, 1.54) is 4.90 Å². The zero-order chi connectivity index (χ0) is 7.56. The van der Waals surface area contributed by atoms with Crippen molar-refractivity contribution in [2.45, 2.75) is 6.23 Å². The monoisotopic (exact) mass is 144 g/mol. The van der Waals surface area contributed by atoms with Gasteiger partial charge in [0.05, 0.1) is 6.61 Å². The van der Waals surface area contributed by atoms with Crippen LogP contribution in [0.25, 0.3) is 0 Å². The number of carbonyl (C=O) groups excluding carboxylic acids is 1. The Morgan fingerprint density at radius 3 is 2.90 bits per heavy atom. The predicted octanol–water partition coefficient (Wildman–Crippen LogP) is -1.00. The Morgan fingerprint density at radius 2 is 2.50 bits per heavy atom. The summed E-state index contributed by atoms with van der Waals surface area (Å²) in [6.07, 6.45) is -0.934. The van der Waals surface area contributed by atoms with Gasteiger partial charge >= 0.3 is 0 Å². The molecule has 0 aromatic rings. The Balaban J connectivity index is 2.48. The molecule has 10 heavy (non-hydrogen) atoms. The van der Waals surface area contributed by atoms with Gasteiger partial charge in [-0.15, -0.1) is 0 Å². The smallest absolute Gasteiger partial charge is 0.250 e. The second-order valence-corrected chi connectivity index (χ2v) is 2.12. The van der Waals surface area contributed by atoms with Gasteiger partial charge in [-0.05, 0) is 6.92 Å². The van der Waals surface area contributed by atoms with Crippen molar-refractivity contribution in [2.75, 3.05) is 19.8 Å². The van der Waals surface area contributed by atoms with Crippen LogP contribution in [0.5, 0.6) is 0 Å². The highest BCUT2D eigenvalue weighted by molar-refractivity contribution is 5.78. The van der Waals surface area contributed by atoms with E-state index in [0.29, 0.717) is 13.2 Å². The van der Waals surface area contributed by atoms with Crippen molar-refractivity contribution < 1.29 is 14.6 Å². The topological polar surface area (TPSA) is 49.8 Å². The predicted molar refractivity (Wildman–Crippen MR) is 33.9 cm³/mol. The summed E-state index contributed by atoms with van der Waals surface area (Å²) in [5.74, 6) is -0.200. The van der Waals surface area contributed by atoms with Crippen LogP contribution >= 0.6 is 0 Å². The number of aliphatic hydroxyl groups excluding tert-OH is 1. The molecule has 0 aromatic carbocycles. The molecule has 1 rings (SSSR count). The number of morpholine rings is 1. The van der Waals surface area contributed by atoms with Crippen LogP contribution in [-0.2, 0) is 9.53 Å². The molecule has 0 saturated carbocycles. The molecule has 1 unspecified atom stereocenters. The minimum atomic E-state index is -0.934. The number of nitrogens with zero attached hydrogens (tertiary/aromatic N) is 1. The van der Waals surface area contributed by atoms with Crippen LogP contribution in [0.1, 0.15) is 0 Å². The van der Waals surface area contributed by atoms with E-state index in [2.05, 4.69) is 6.92 Å². The van der Waals surface area contributed by atoms with Crippen LogP contribution in [0, 0.1) is 6.92 Å². The highest BCUT2D eigenvalue weighted by atomic mass is 16.5. The summed E-state index contributed by atoms with van der Waals surface area (Å²) in [5, 5.41) is 8.89. The highest BCUT2D eigenvalue weighted by Crippen LogP contribution is 2.01. The molecule has 0 aliphatic carbocycles. The van der Waals surface area contributed by atoms with E-state index in [1.54, 1.807) is 0 Å². The molecule has 1 radical (unpaired) electrons. The lowest BCUT2D eigenvalue weighted by Gasteiger charge is -2.28. The number of hydrogen-bond donors (Lipinski definition) is 1. The maximum atomic E-state index is 10.8. The van der Waals surface area contributed by atoms with Gasteiger partial charge in [-0.25, -0.2) is 0 Å². The van der Waals surface area contributed by atoms with Gasteiger partial charge in [-0.2, -0.15) is 0 Å². The first-order chi connectivity index (χ1) is 4.72. The van der Waals surface area contributed by atoms with Gasteiger partial charge in [0.15, 0.2) is 0 Å². The zero-order valence-corrected chi connectivity index (χ0v) is 5.62. The summed E-state index contributed by atoms with van der Waals surface area (Å²) in [5.41, 5.74) is 0. The third-order valence-electron chi connectivity index (χ3n) is 1.38. The van der Waals surface area contributed by atoms with Crippen LogP contribution in [0.3, 0.4) is 0 Å². The first-order valence-corrected chi connectivity index (χ1v) is 3.10. The van der Waals surface area contributed by atoms with E-state index < -0.39 is 6.23 Å². The van der Waals surface area contributed by atoms with Gasteiger partial charge in [0.1, 0.15) is 12.8 Å². The van der Waals surface area contributed by atoms with Crippen molar-refractivity contribution in [3.05, 3.63) is 6.92 Å². The lowest BCUT2D eigenvalue weighted by atomic mass is 10.4. The Labute approximate surface area is 59.4 Å². The lowest BCUT2D eigenvalue weighted by molar-refractivity contribution is -0.151. The fourth-order valence-electron chi connectivity index (χ4n) is 0.845. The molecular weight excluding hydrogens is 134 g/mol. The second-order valence-electron chi connectivity index (χ2n) is 2.12. The molecule has 1 atom stereocenters. The third kappa shape index (κ3) is 1.46. The normalized spacial score (nSPS) is 23.0. The number of ether oxygens (including phenoxy) is 1. The minimum Gasteiger partial charge on any atom is -0.374 e. The van der Waals surface area contributed by atoms with Crippen molar-refractivity contribution in [3.8, 4) is 0 Å². The van der Waals surface area contributed by atoms with Gasteiger partial charge in [-0.1, -0.05) is 0 Å². The average molecular weight is 144 g/mol. The van der Waals surface area contributed by atoms with Crippen LogP contribution in [-0.4, -0.2) is 41.9 Å². The molecular formula is C6H10NO3. The van der Waals surface area contributed by atoms with Crippen molar-refractivity contribution >= 4 is 5.91 Å². The van der Waals surface area contributed by atoms with E-state index in [9.17, 15) is 4.79 Å². The van der Waals surface area contributed by atoms with Crippen molar-refractivity contribution in [3.63, 3.8) is 0 Å². The number of amides is 1. The molecule has 0 aromatic heterocycles. The SMILES string of the molecule is [CH2]C(O)N1CCOCC1=O. The fraction of sp³-hybridized carbons (Fsp3) is 0.667. The Morgan fingerprint density at radius 1 is 1.80 bits per heavy atom. The summed E-state index contributed by atoms with van der Waals surface area (Å²) < 4.78 is 4.83. The van der Waals surface area contributed by atoms with Crippen LogP contribution < -0.4 is 0 Å². The van der Waals surface area contributed by atoms with Gasteiger partial charge < -0.3 is 14.7 Å². The maximum Gasteiger partial charge on any atom is 0.250 e. The number of aliphatic hydroxyl groups is 1. The third-order valence-corrected chi connectivity index (χ3v) is 1.38. The number of rotatable bonds is 1. The van der Waals surface area contributed by atoms with E-state index in [-0.39, 0.29) is 12.5 Å². The Hall–Kier alpha value is -0.610. The summed E-state index contributed by atoms with van der Waals surface area (Å²) in [6.45, 7) is 4.30. The molecule has 1 aliphatic rings. The van der Waals surface area contributed by atoms with Gasteiger partial charge in [0, 0.05) is 6.54 Å². The van der Waals surface area contributed by atoms with Crippen LogP contribution in [0.4, 0.5) is 0 Å². The molecule has 0 bridgehead atoms. The number of hydrogen-bond acceptors (Lipinski definition) is 3. The van der Waals surface area contributed by atoms with E-state index >= 15 is 0 Å². The molecule has 1 saturated heterocycles. The summed E-state index contributed by atoms with van der Waals surface area (Å²) in [6, 6.07) is 0. The summed E-state index contributed by atoms with van der Waals surface area (Å²) in [4.78, 5) is 12.1. The van der Waals surface area contributed by atoms with Crippen molar-refractivity contribution in [1.29, 1.82) is 0 Å². The molecule has 1 N–H and O–H groups in total. The van der Waals surface area contributed by atoms with Crippen LogP contribution in [0.2, 0.25) is 0 Å². The number of carbonyl (C=O) groups is 1. The second kappa shape index (κ2) is 2.98. The molecule has 57 valence electrons. The highest BCUT2D eigenvalue weighted by Gasteiger charge is 2.21. The van der Waals surface area contributed by atoms with Crippen molar-refractivity contribution in [1.82, 2.24) is 4.90 Å². The van der Waals surface area contributed by atoms with Gasteiger partial charge in [-0.3, -0.25) is 4.79 Å². The standard InChI is InChI=1S/C6H10NO3/c1-5(8)7-2-3-10-4-6(7)9/h5,8H,1-4H2. The first-order valence-electron chi connectivity index (χ1n) is 3.10. The minimum absolute atomic E-state index is 0.0621. The largest absolute Gasteiger partial charge is 0.374 e. The van der Waals surface area contributed by atoms with Crippen LogP contribution in [0.15, 0.2) is 0 Å². The summed E-state index contributed by atoms with van der Waals surface area (Å²) in [7, 11) is 0. The van der Waals surface area contributed by atoms with E-state index in [1.807, 2.05) is 0 Å².